The lowest BCUT2D eigenvalue weighted by Crippen LogP contribution is -2.37. The molecule has 3 aromatic heterocycles. The van der Waals surface area contributed by atoms with Crippen LogP contribution in [-0.4, -0.2) is 25.1 Å². The molecular weight excluding hydrogens is 446 g/mol. The van der Waals surface area contributed by atoms with Gasteiger partial charge < -0.3 is 0 Å². The third-order valence-corrected chi connectivity index (χ3v) is 7.89. The van der Waals surface area contributed by atoms with Crippen LogP contribution in [-0.2, 0) is 0 Å². The number of benzene rings is 2. The minimum Gasteiger partial charge on any atom is -0.236 e. The Kier molecular flexibility index (Phi) is 4.62. The molecule has 178 valence electrons. The molecule has 0 unspecified atom stereocenters. The van der Waals surface area contributed by atoms with Gasteiger partial charge in [-0.3, -0.25) is 0 Å². The van der Waals surface area contributed by atoms with Crippen molar-refractivity contribution in [3.05, 3.63) is 88.6 Å². The second-order valence-corrected chi connectivity index (χ2v) is 10.8. The Morgan fingerprint density at radius 3 is 2.42 bits per heavy atom. The molecule has 0 atom stereocenters. The Balaban J connectivity index is 1.45. The highest BCUT2D eigenvalue weighted by Gasteiger charge is 2.42. The predicted octanol–water partition coefficient (Wildman–Crippen LogP) is 7.20. The quantitative estimate of drug-likeness (QED) is 0.253. The van der Waals surface area contributed by atoms with E-state index in [-0.39, 0.29) is 0 Å². The Morgan fingerprint density at radius 2 is 1.72 bits per heavy atom. The summed E-state index contributed by atoms with van der Waals surface area (Å²) in [6.45, 7) is 3.94. The summed E-state index contributed by atoms with van der Waals surface area (Å²) >= 11 is 0. The molecule has 2 aliphatic carbocycles. The molecule has 3 heterocycles. The van der Waals surface area contributed by atoms with Crippen molar-refractivity contribution in [1.82, 2.24) is 19.6 Å². The van der Waals surface area contributed by atoms with Crippen LogP contribution in [0.3, 0.4) is 0 Å². The first-order valence-corrected chi connectivity index (χ1v) is 12.7. The van der Waals surface area contributed by atoms with Crippen molar-refractivity contribution in [2.24, 2.45) is 5.18 Å². The average molecular weight is 474 g/mol. The molecule has 0 bridgehead atoms. The first-order valence-electron chi connectivity index (χ1n) is 12.7. The highest BCUT2D eigenvalue weighted by molar-refractivity contribution is 5.95. The van der Waals surface area contributed by atoms with Gasteiger partial charge in [0.15, 0.2) is 11.3 Å². The molecule has 0 amide bonds. The molecule has 6 nitrogen and oxygen atoms in total. The summed E-state index contributed by atoms with van der Waals surface area (Å²) in [5, 5.41) is 9.15. The van der Waals surface area contributed by atoms with Crippen LogP contribution in [0.25, 0.3) is 39.1 Å². The second kappa shape index (κ2) is 7.79. The standard InChI is InChI=1S/C30H27N5O/c1-18-14-25-31-17-24-26(21-10-11-21)27(20-6-4-3-5-7-20)28(32-29(24)35(25)33-18)22-12-8-19(9-13-22)23-15-30(2,16-23)34-36/h3-9,12-14,17,21,23H,10-11,15-16H2,1-2H3. The smallest absolute Gasteiger partial charge is 0.165 e. The molecule has 0 aliphatic heterocycles. The molecule has 5 aromatic rings. The van der Waals surface area contributed by atoms with Crippen LogP contribution in [0, 0.1) is 11.8 Å². The lowest BCUT2D eigenvalue weighted by Gasteiger charge is -2.39. The highest BCUT2D eigenvalue weighted by Crippen LogP contribution is 2.50. The number of fused-ring (bicyclic) bond motifs is 3. The van der Waals surface area contributed by atoms with Crippen LogP contribution < -0.4 is 0 Å². The van der Waals surface area contributed by atoms with E-state index in [2.05, 4.69) is 59.8 Å². The van der Waals surface area contributed by atoms with E-state index >= 15 is 0 Å². The largest absolute Gasteiger partial charge is 0.236 e. The molecule has 0 saturated heterocycles. The summed E-state index contributed by atoms with van der Waals surface area (Å²) in [6, 6.07) is 21.4. The van der Waals surface area contributed by atoms with Crippen molar-refractivity contribution < 1.29 is 0 Å². The van der Waals surface area contributed by atoms with Crippen LogP contribution >= 0.6 is 0 Å². The summed E-state index contributed by atoms with van der Waals surface area (Å²) in [4.78, 5) is 21.1. The van der Waals surface area contributed by atoms with Crippen LogP contribution in [0.5, 0.6) is 0 Å². The number of pyridine rings is 1. The fourth-order valence-electron chi connectivity index (χ4n) is 5.88. The first kappa shape index (κ1) is 21.4. The summed E-state index contributed by atoms with van der Waals surface area (Å²) in [5.74, 6) is 0.891. The molecular formula is C30H27N5O. The highest BCUT2D eigenvalue weighted by atomic mass is 16.3. The maximum atomic E-state index is 11.1. The molecule has 0 radical (unpaired) electrons. The fraction of sp³-hybridized carbons (Fsp3) is 0.300. The maximum absolute atomic E-state index is 11.1. The number of nitrogens with zero attached hydrogens (tertiary/aromatic N) is 5. The van der Waals surface area contributed by atoms with Crippen LogP contribution in [0.1, 0.15) is 61.3 Å². The topological polar surface area (TPSA) is 72.5 Å². The van der Waals surface area contributed by atoms with Gasteiger partial charge in [0.2, 0.25) is 0 Å². The third kappa shape index (κ3) is 3.35. The van der Waals surface area contributed by atoms with Gasteiger partial charge in [0.25, 0.3) is 0 Å². The summed E-state index contributed by atoms with van der Waals surface area (Å²) in [5.41, 5.74) is 9.24. The summed E-state index contributed by atoms with van der Waals surface area (Å²) in [6.07, 6.45) is 5.97. The minimum absolute atomic E-state index is 0.389. The zero-order valence-electron chi connectivity index (χ0n) is 20.5. The Bertz CT molecular complexity index is 1630. The molecule has 2 fully saturated rings. The van der Waals surface area contributed by atoms with Crippen LogP contribution in [0.4, 0.5) is 0 Å². The van der Waals surface area contributed by atoms with E-state index in [1.54, 1.807) is 0 Å². The van der Waals surface area contributed by atoms with E-state index < -0.39 is 5.54 Å². The van der Waals surface area contributed by atoms with Crippen molar-refractivity contribution in [2.45, 2.75) is 56.9 Å². The van der Waals surface area contributed by atoms with E-state index in [1.807, 2.05) is 30.6 Å². The summed E-state index contributed by atoms with van der Waals surface area (Å²) < 4.78 is 1.89. The number of nitroso groups, excluding NO2 is 1. The number of rotatable bonds is 5. The molecule has 2 aliphatic rings. The van der Waals surface area contributed by atoms with Crippen molar-refractivity contribution in [2.75, 3.05) is 0 Å². The van der Waals surface area contributed by atoms with Crippen molar-refractivity contribution in [3.63, 3.8) is 0 Å². The van der Waals surface area contributed by atoms with Crippen molar-refractivity contribution in [1.29, 1.82) is 0 Å². The molecule has 0 N–H and O–H groups in total. The van der Waals surface area contributed by atoms with E-state index in [0.29, 0.717) is 11.8 Å². The molecule has 6 heteroatoms. The zero-order valence-corrected chi connectivity index (χ0v) is 20.5. The van der Waals surface area contributed by atoms with Gasteiger partial charge in [-0.2, -0.15) is 14.5 Å². The summed E-state index contributed by atoms with van der Waals surface area (Å²) in [7, 11) is 0. The van der Waals surface area contributed by atoms with Crippen molar-refractivity contribution in [3.8, 4) is 22.4 Å². The Labute approximate surface area is 209 Å². The Morgan fingerprint density at radius 1 is 0.972 bits per heavy atom. The average Bonchev–Trinajstić information content (AvgIpc) is 3.66. The van der Waals surface area contributed by atoms with Gasteiger partial charge in [-0.1, -0.05) is 59.8 Å². The van der Waals surface area contributed by atoms with E-state index in [9.17, 15) is 4.91 Å². The molecule has 2 saturated carbocycles. The van der Waals surface area contributed by atoms with Crippen LogP contribution in [0.2, 0.25) is 0 Å². The zero-order chi connectivity index (χ0) is 24.4. The predicted molar refractivity (Wildman–Crippen MR) is 142 cm³/mol. The fourth-order valence-corrected chi connectivity index (χ4v) is 5.88. The SMILES string of the molecule is Cc1cc2ncc3c(C4CC4)c(-c4ccccc4)c(-c4ccc(C5CC(C)(N=O)C5)cc4)nc3n2n1. The van der Waals surface area contributed by atoms with Gasteiger partial charge in [0, 0.05) is 28.8 Å². The molecule has 0 spiro atoms. The third-order valence-electron chi connectivity index (χ3n) is 7.89. The number of aromatic nitrogens is 4. The minimum atomic E-state index is -0.413. The Hall–Kier alpha value is -3.93. The van der Waals surface area contributed by atoms with Crippen molar-refractivity contribution >= 4 is 16.7 Å². The van der Waals surface area contributed by atoms with E-state index in [0.717, 1.165) is 46.5 Å². The van der Waals surface area contributed by atoms with Gasteiger partial charge in [-0.15, -0.1) is 0 Å². The monoisotopic (exact) mass is 473 g/mol. The second-order valence-electron chi connectivity index (χ2n) is 10.8. The molecule has 36 heavy (non-hydrogen) atoms. The van der Waals surface area contributed by atoms with Gasteiger partial charge in [0.1, 0.15) is 5.54 Å². The van der Waals surface area contributed by atoms with Gasteiger partial charge >= 0.3 is 0 Å². The lowest BCUT2D eigenvalue weighted by atomic mass is 9.67. The number of hydrogen-bond acceptors (Lipinski definition) is 5. The maximum Gasteiger partial charge on any atom is 0.165 e. The lowest BCUT2D eigenvalue weighted by molar-refractivity contribution is 0.231. The first-order chi connectivity index (χ1) is 17.5. The molecule has 2 aromatic carbocycles. The van der Waals surface area contributed by atoms with E-state index in [1.165, 1.54) is 35.1 Å². The van der Waals surface area contributed by atoms with E-state index in [4.69, 9.17) is 15.1 Å². The van der Waals surface area contributed by atoms with Gasteiger partial charge in [0.05, 0.1) is 11.4 Å². The number of aryl methyl sites for hydroxylation is 1. The normalized spacial score (nSPS) is 21.6. The van der Waals surface area contributed by atoms with Crippen LogP contribution in [0.15, 0.2) is 72.0 Å². The van der Waals surface area contributed by atoms with Gasteiger partial charge in [-0.25, -0.2) is 9.97 Å². The van der Waals surface area contributed by atoms with Gasteiger partial charge in [-0.05, 0) is 68.1 Å². The number of hydrogen-bond donors (Lipinski definition) is 0. The molecule has 7 rings (SSSR count).